The normalized spacial score (nSPS) is 10.1. The van der Waals surface area contributed by atoms with Crippen molar-refractivity contribution in [3.63, 3.8) is 0 Å². The van der Waals surface area contributed by atoms with Crippen molar-refractivity contribution in [3.05, 3.63) is 0 Å². The fourth-order valence-electron chi connectivity index (χ4n) is 0.544. The van der Waals surface area contributed by atoms with Crippen LogP contribution in [0.5, 0.6) is 0 Å². The molecular weight excluding hydrogens is 160 g/mol. The van der Waals surface area contributed by atoms with Crippen LogP contribution in [0.4, 0.5) is 0 Å². The summed E-state index contributed by atoms with van der Waals surface area (Å²) in [6.07, 6.45) is 0. The highest BCUT2D eigenvalue weighted by atomic mass is 16.5. The molecule has 0 bridgehead atoms. The molecule has 5 nitrogen and oxygen atoms in total. The van der Waals surface area contributed by atoms with Gasteiger partial charge < -0.3 is 19.9 Å². The van der Waals surface area contributed by atoms with Gasteiger partial charge >= 0.3 is 0 Å². The first-order valence-corrected chi connectivity index (χ1v) is 3.74. The zero-order valence-electron chi connectivity index (χ0n) is 7.34. The molecule has 12 heavy (non-hydrogen) atoms. The SMILES string of the molecule is COCCOCCOCC(=N)N. The van der Waals surface area contributed by atoms with E-state index in [9.17, 15) is 0 Å². The molecule has 0 heterocycles. The summed E-state index contributed by atoms with van der Waals surface area (Å²) in [4.78, 5) is 0. The van der Waals surface area contributed by atoms with Crippen LogP contribution >= 0.6 is 0 Å². The van der Waals surface area contributed by atoms with E-state index in [-0.39, 0.29) is 12.4 Å². The molecule has 0 aliphatic carbocycles. The van der Waals surface area contributed by atoms with Gasteiger partial charge in [-0.15, -0.1) is 0 Å². The number of nitrogens with one attached hydrogen (secondary N) is 1. The van der Waals surface area contributed by atoms with Crippen LogP contribution < -0.4 is 5.73 Å². The predicted molar refractivity (Wildman–Crippen MR) is 45.4 cm³/mol. The Morgan fingerprint density at radius 1 is 1.17 bits per heavy atom. The maximum atomic E-state index is 6.83. The summed E-state index contributed by atoms with van der Waals surface area (Å²) in [6.45, 7) is 2.31. The van der Waals surface area contributed by atoms with E-state index in [4.69, 9.17) is 25.4 Å². The first-order chi connectivity index (χ1) is 5.77. The third-order valence-corrected chi connectivity index (χ3v) is 1.06. The third kappa shape index (κ3) is 9.35. The Morgan fingerprint density at radius 2 is 1.75 bits per heavy atom. The van der Waals surface area contributed by atoms with Crippen molar-refractivity contribution in [2.45, 2.75) is 0 Å². The smallest absolute Gasteiger partial charge is 0.117 e. The van der Waals surface area contributed by atoms with Crippen LogP contribution in [0.15, 0.2) is 0 Å². The monoisotopic (exact) mass is 176 g/mol. The largest absolute Gasteiger partial charge is 0.386 e. The van der Waals surface area contributed by atoms with Crippen LogP contribution in [0.25, 0.3) is 0 Å². The molecule has 5 heteroatoms. The molecule has 3 N–H and O–H groups in total. The van der Waals surface area contributed by atoms with Crippen molar-refractivity contribution in [1.82, 2.24) is 0 Å². The number of ether oxygens (including phenoxy) is 3. The minimum Gasteiger partial charge on any atom is -0.386 e. The summed E-state index contributed by atoms with van der Waals surface area (Å²) in [5.41, 5.74) is 5.05. The standard InChI is InChI=1S/C7H16N2O3/c1-10-2-3-11-4-5-12-6-7(8)9/h2-6H2,1H3,(H3,8,9). The van der Waals surface area contributed by atoms with Gasteiger partial charge in [-0.1, -0.05) is 0 Å². The Balaban J connectivity index is 2.86. The maximum absolute atomic E-state index is 6.83. The van der Waals surface area contributed by atoms with E-state index < -0.39 is 0 Å². The van der Waals surface area contributed by atoms with Crippen LogP contribution in [0.2, 0.25) is 0 Å². The first kappa shape index (κ1) is 11.4. The van der Waals surface area contributed by atoms with Gasteiger partial charge in [-0.2, -0.15) is 0 Å². The third-order valence-electron chi connectivity index (χ3n) is 1.06. The minimum absolute atomic E-state index is 0.0342. The highest BCUT2D eigenvalue weighted by molar-refractivity contribution is 5.78. The van der Waals surface area contributed by atoms with Gasteiger partial charge in [0.15, 0.2) is 0 Å². The maximum Gasteiger partial charge on any atom is 0.117 e. The number of hydrogen-bond acceptors (Lipinski definition) is 4. The van der Waals surface area contributed by atoms with Crippen molar-refractivity contribution < 1.29 is 14.2 Å². The Kier molecular flexibility index (Phi) is 7.99. The number of rotatable bonds is 8. The summed E-state index contributed by atoms with van der Waals surface area (Å²) in [7, 11) is 1.62. The van der Waals surface area contributed by atoms with E-state index >= 15 is 0 Å². The molecule has 0 rings (SSSR count). The molecule has 72 valence electrons. The lowest BCUT2D eigenvalue weighted by molar-refractivity contribution is 0.0332. The average molecular weight is 176 g/mol. The van der Waals surface area contributed by atoms with Crippen LogP contribution in [0.1, 0.15) is 0 Å². The fourth-order valence-corrected chi connectivity index (χ4v) is 0.544. The number of hydrogen-bond donors (Lipinski definition) is 2. The highest BCUT2D eigenvalue weighted by Gasteiger charge is 1.90. The molecule has 0 fully saturated rings. The molecule has 0 saturated heterocycles. The second kappa shape index (κ2) is 8.45. The zero-order chi connectivity index (χ0) is 9.23. The van der Waals surface area contributed by atoms with E-state index in [1.807, 2.05) is 0 Å². The summed E-state index contributed by atoms with van der Waals surface area (Å²) < 4.78 is 14.8. The molecule has 0 amide bonds. The second-order valence-corrected chi connectivity index (χ2v) is 2.18. The van der Waals surface area contributed by atoms with Crippen molar-refractivity contribution in [3.8, 4) is 0 Å². The van der Waals surface area contributed by atoms with Crippen molar-refractivity contribution in [2.75, 3.05) is 40.1 Å². The van der Waals surface area contributed by atoms with Gasteiger partial charge in [-0.05, 0) is 0 Å². The van der Waals surface area contributed by atoms with Crippen LogP contribution in [-0.4, -0.2) is 46.0 Å². The zero-order valence-corrected chi connectivity index (χ0v) is 7.34. The van der Waals surface area contributed by atoms with Gasteiger partial charge in [0, 0.05) is 7.11 Å². The summed E-state index contributed by atoms with van der Waals surface area (Å²) in [6, 6.07) is 0. The van der Waals surface area contributed by atoms with Crippen molar-refractivity contribution in [2.24, 2.45) is 5.73 Å². The molecule has 0 spiro atoms. The Hall–Kier alpha value is -0.650. The molecule has 0 aliphatic rings. The van der Waals surface area contributed by atoms with Crippen molar-refractivity contribution in [1.29, 1.82) is 5.41 Å². The lowest BCUT2D eigenvalue weighted by Gasteiger charge is -2.03. The fraction of sp³-hybridized carbons (Fsp3) is 0.857. The van der Waals surface area contributed by atoms with Gasteiger partial charge in [0.2, 0.25) is 0 Å². The Morgan fingerprint density at radius 3 is 2.33 bits per heavy atom. The van der Waals surface area contributed by atoms with Gasteiger partial charge in [-0.25, -0.2) is 0 Å². The average Bonchev–Trinajstić information content (AvgIpc) is 2.02. The van der Waals surface area contributed by atoms with E-state index in [1.165, 1.54) is 0 Å². The molecule has 0 aromatic carbocycles. The Labute approximate surface area is 72.3 Å². The topological polar surface area (TPSA) is 77.6 Å². The predicted octanol–water partition coefficient (Wildman–Crippen LogP) is -0.398. The number of methoxy groups -OCH3 is 1. The molecule has 0 unspecified atom stereocenters. The van der Waals surface area contributed by atoms with Crippen LogP contribution in [0, 0.1) is 5.41 Å². The van der Waals surface area contributed by atoms with Crippen LogP contribution in [0.3, 0.4) is 0 Å². The second-order valence-electron chi connectivity index (χ2n) is 2.18. The lowest BCUT2D eigenvalue weighted by Crippen LogP contribution is -2.19. The quantitative estimate of drug-likeness (QED) is 0.300. The van der Waals surface area contributed by atoms with E-state index in [1.54, 1.807) is 7.11 Å². The molecule has 0 aromatic heterocycles. The number of nitrogens with two attached hydrogens (primary N) is 1. The summed E-state index contributed by atoms with van der Waals surface area (Å²) in [5, 5.41) is 6.83. The highest BCUT2D eigenvalue weighted by Crippen LogP contribution is 1.78. The van der Waals surface area contributed by atoms with Crippen LogP contribution in [-0.2, 0) is 14.2 Å². The first-order valence-electron chi connectivity index (χ1n) is 3.74. The summed E-state index contributed by atoms with van der Waals surface area (Å²) in [5.74, 6) is 0.0342. The van der Waals surface area contributed by atoms with E-state index in [2.05, 4.69) is 0 Å². The van der Waals surface area contributed by atoms with Gasteiger partial charge in [0.1, 0.15) is 12.4 Å². The van der Waals surface area contributed by atoms with E-state index in [0.717, 1.165) is 0 Å². The van der Waals surface area contributed by atoms with Crippen molar-refractivity contribution >= 4 is 5.84 Å². The minimum atomic E-state index is 0.0342. The molecule has 0 radical (unpaired) electrons. The molecule has 0 saturated carbocycles. The number of amidine groups is 1. The molecular formula is C7H16N2O3. The Bertz CT molecular complexity index is 119. The van der Waals surface area contributed by atoms with Gasteiger partial charge in [-0.3, -0.25) is 5.41 Å². The molecule has 0 aromatic rings. The summed E-state index contributed by atoms with van der Waals surface area (Å²) >= 11 is 0. The molecule has 0 aliphatic heterocycles. The van der Waals surface area contributed by atoms with E-state index in [0.29, 0.717) is 26.4 Å². The lowest BCUT2D eigenvalue weighted by atomic mass is 10.6. The van der Waals surface area contributed by atoms with Gasteiger partial charge in [0.25, 0.3) is 0 Å². The molecule has 0 atom stereocenters. The van der Waals surface area contributed by atoms with Gasteiger partial charge in [0.05, 0.1) is 26.4 Å².